The number of carbonyl (C=O) groups is 1. The van der Waals surface area contributed by atoms with Gasteiger partial charge >= 0.3 is 0 Å². The van der Waals surface area contributed by atoms with Crippen LogP contribution in [0.1, 0.15) is 90.4 Å². The summed E-state index contributed by atoms with van der Waals surface area (Å²) in [7, 11) is 0. The van der Waals surface area contributed by atoms with Gasteiger partial charge in [0.15, 0.2) is 5.42 Å². The summed E-state index contributed by atoms with van der Waals surface area (Å²) in [6, 6.07) is 0.0306. The minimum atomic E-state index is -0.305. The van der Waals surface area contributed by atoms with Gasteiger partial charge in [0, 0.05) is 11.5 Å². The monoisotopic (exact) mass is 426 g/mol. The number of fused-ring (bicyclic) bond motifs is 1. The van der Waals surface area contributed by atoms with Crippen molar-refractivity contribution in [1.82, 2.24) is 10.3 Å². The number of aromatic nitrogens is 1. The van der Waals surface area contributed by atoms with Crippen molar-refractivity contribution in [2.24, 2.45) is 5.92 Å². The van der Waals surface area contributed by atoms with Crippen LogP contribution in [0, 0.1) is 5.92 Å². The predicted octanol–water partition coefficient (Wildman–Crippen LogP) is 4.00. The molecule has 2 N–H and O–H groups in total. The van der Waals surface area contributed by atoms with Gasteiger partial charge in [0.1, 0.15) is 5.35 Å². The van der Waals surface area contributed by atoms with E-state index in [0.717, 1.165) is 67.2 Å². The van der Waals surface area contributed by atoms with Crippen molar-refractivity contribution >= 4 is 23.6 Å². The zero-order valence-corrected chi connectivity index (χ0v) is 17.8. The highest BCUT2D eigenvalue weighted by Crippen LogP contribution is 2.26. The maximum absolute atomic E-state index is 11.7. The van der Waals surface area contributed by atoms with Gasteiger partial charge in [-0.2, -0.15) is 0 Å². The largest absolute Gasteiger partial charge is 0.436 e. The van der Waals surface area contributed by atoms with Crippen LogP contribution in [0.15, 0.2) is 22.6 Å². The Balaban J connectivity index is 0.000000150. The van der Waals surface area contributed by atoms with Crippen molar-refractivity contribution in [2.45, 2.75) is 96.6 Å². The third kappa shape index (κ3) is 6.67. The minimum absolute atomic E-state index is 0. The topological polar surface area (TPSA) is 75.4 Å². The number of aliphatic hydroxyl groups excluding tert-OH is 1. The summed E-state index contributed by atoms with van der Waals surface area (Å²) in [5.74, 6) is 1.15. The lowest BCUT2D eigenvalue weighted by atomic mass is 10.1. The Labute approximate surface area is 186 Å². The number of allylic oxidation sites excluding steroid dienone is 4. The van der Waals surface area contributed by atoms with E-state index in [9.17, 15) is 9.90 Å². The maximum atomic E-state index is 11.7. The van der Waals surface area contributed by atoms with Crippen LogP contribution in [-0.4, -0.2) is 28.1 Å². The van der Waals surface area contributed by atoms with Crippen molar-refractivity contribution < 1.29 is 14.3 Å². The number of oxazole rings is 1. The molecular weight excluding hydrogens is 388 g/mol. The van der Waals surface area contributed by atoms with E-state index in [1.807, 2.05) is 0 Å². The van der Waals surface area contributed by atoms with Crippen molar-refractivity contribution in [3.05, 3.63) is 34.9 Å². The second kappa shape index (κ2) is 11.5. The summed E-state index contributed by atoms with van der Waals surface area (Å²) in [5.41, 5.74) is 2.03. The first-order valence-electron chi connectivity index (χ1n) is 11.7. The number of hydrogen-bond donors (Lipinski definition) is 2. The average Bonchev–Trinajstić information content (AvgIpc) is 3.24. The van der Waals surface area contributed by atoms with Gasteiger partial charge in [-0.05, 0) is 51.0 Å². The molecule has 0 saturated heterocycles. The van der Waals surface area contributed by atoms with Gasteiger partial charge in [0.2, 0.25) is 11.8 Å². The van der Waals surface area contributed by atoms with Crippen LogP contribution >= 0.6 is 0 Å². The first-order chi connectivity index (χ1) is 14.7. The molecule has 1 amide bonds. The molecule has 5 aliphatic rings. The summed E-state index contributed by atoms with van der Waals surface area (Å²) in [6.45, 7) is 0. The Hall–Kier alpha value is -2.14. The SMILES string of the molecule is C.C1=CC(c2nc3c(o2)=CCC=3)=CC1.C1CC1.O=C(NC1CCCC1O)C1CCCC1. The van der Waals surface area contributed by atoms with Crippen molar-refractivity contribution in [2.75, 3.05) is 0 Å². The van der Waals surface area contributed by atoms with E-state index in [0.29, 0.717) is 0 Å². The van der Waals surface area contributed by atoms with E-state index in [4.69, 9.17) is 4.42 Å². The van der Waals surface area contributed by atoms with Crippen molar-refractivity contribution in [1.29, 1.82) is 0 Å². The number of rotatable bonds is 3. The molecule has 2 unspecified atom stereocenters. The number of nitrogens with one attached hydrogen (secondary N) is 1. The van der Waals surface area contributed by atoms with Crippen molar-refractivity contribution in [3.8, 4) is 0 Å². The van der Waals surface area contributed by atoms with E-state index in [2.05, 4.69) is 40.7 Å². The van der Waals surface area contributed by atoms with Gasteiger partial charge in [0.05, 0.1) is 12.1 Å². The number of carbonyl (C=O) groups excluding carboxylic acids is 1. The summed E-state index contributed by atoms with van der Waals surface area (Å²) < 4.78 is 5.59. The Morgan fingerprint density at radius 3 is 2.32 bits per heavy atom. The van der Waals surface area contributed by atoms with Gasteiger partial charge in [-0.25, -0.2) is 4.98 Å². The van der Waals surface area contributed by atoms with Gasteiger partial charge < -0.3 is 14.8 Å². The van der Waals surface area contributed by atoms with Gasteiger partial charge in [-0.1, -0.05) is 63.8 Å². The highest BCUT2D eigenvalue weighted by atomic mass is 16.3. The fourth-order valence-corrected chi connectivity index (χ4v) is 4.25. The first kappa shape index (κ1) is 23.5. The normalized spacial score (nSPS) is 25.0. The summed E-state index contributed by atoms with van der Waals surface area (Å²) in [6.07, 6.45) is 23.9. The first-order valence-corrected chi connectivity index (χ1v) is 11.7. The smallest absolute Gasteiger partial charge is 0.226 e. The van der Waals surface area contributed by atoms with Crippen molar-refractivity contribution in [3.63, 3.8) is 0 Å². The fourth-order valence-electron chi connectivity index (χ4n) is 4.25. The fraction of sp³-hybridized carbons (Fsp3) is 0.615. The van der Waals surface area contributed by atoms with Gasteiger partial charge in [0.25, 0.3) is 0 Å². The molecule has 3 fully saturated rings. The predicted molar refractivity (Wildman–Crippen MR) is 125 cm³/mol. The lowest BCUT2D eigenvalue weighted by Gasteiger charge is -2.18. The van der Waals surface area contributed by atoms with E-state index >= 15 is 0 Å². The zero-order valence-electron chi connectivity index (χ0n) is 17.8. The van der Waals surface area contributed by atoms with Crippen LogP contribution < -0.4 is 16.1 Å². The van der Waals surface area contributed by atoms with Gasteiger partial charge in [-0.15, -0.1) is 0 Å². The molecule has 2 atom stereocenters. The number of aliphatic hydroxyl groups is 1. The highest BCUT2D eigenvalue weighted by molar-refractivity contribution is 5.79. The van der Waals surface area contributed by atoms with E-state index in [-0.39, 0.29) is 31.4 Å². The molecule has 1 aromatic rings. The second-order valence-electron chi connectivity index (χ2n) is 8.87. The molecule has 0 radical (unpaired) electrons. The Morgan fingerprint density at radius 2 is 1.74 bits per heavy atom. The van der Waals surface area contributed by atoms with Crippen LogP contribution in [0.2, 0.25) is 0 Å². The maximum Gasteiger partial charge on any atom is 0.226 e. The molecule has 0 aliphatic heterocycles. The van der Waals surface area contributed by atoms with Crippen LogP contribution in [0.4, 0.5) is 0 Å². The lowest BCUT2D eigenvalue weighted by molar-refractivity contribution is -0.126. The molecule has 5 aliphatic carbocycles. The second-order valence-corrected chi connectivity index (χ2v) is 8.87. The van der Waals surface area contributed by atoms with Crippen LogP contribution in [0.5, 0.6) is 0 Å². The molecule has 6 rings (SSSR count). The number of amides is 1. The van der Waals surface area contributed by atoms with Crippen LogP contribution in [0.3, 0.4) is 0 Å². The number of hydrogen-bond acceptors (Lipinski definition) is 4. The highest BCUT2D eigenvalue weighted by Gasteiger charge is 2.30. The summed E-state index contributed by atoms with van der Waals surface area (Å²) >= 11 is 0. The Morgan fingerprint density at radius 1 is 0.968 bits per heavy atom. The molecule has 0 bridgehead atoms. The Bertz CT molecular complexity index is 869. The van der Waals surface area contributed by atoms with E-state index in [1.165, 1.54) is 32.1 Å². The van der Waals surface area contributed by atoms with E-state index < -0.39 is 0 Å². The summed E-state index contributed by atoms with van der Waals surface area (Å²) in [4.78, 5) is 16.1. The molecule has 0 aromatic carbocycles. The van der Waals surface area contributed by atoms with Crippen LogP contribution in [-0.2, 0) is 4.79 Å². The molecule has 3 saturated carbocycles. The molecule has 5 heteroatoms. The third-order valence-electron chi connectivity index (χ3n) is 6.20. The minimum Gasteiger partial charge on any atom is -0.436 e. The Kier molecular flexibility index (Phi) is 8.70. The molecule has 5 nitrogen and oxygen atoms in total. The average molecular weight is 427 g/mol. The van der Waals surface area contributed by atoms with Crippen LogP contribution in [0.25, 0.3) is 17.7 Å². The molecule has 0 spiro atoms. The number of nitrogens with zero attached hydrogens (tertiary/aromatic N) is 1. The molecule has 1 aromatic heterocycles. The lowest BCUT2D eigenvalue weighted by Crippen LogP contribution is -2.42. The molecule has 170 valence electrons. The van der Waals surface area contributed by atoms with E-state index in [1.54, 1.807) is 0 Å². The molecule has 31 heavy (non-hydrogen) atoms. The molecular formula is C26H38N2O3. The zero-order chi connectivity index (χ0) is 20.8. The molecule has 1 heterocycles. The summed E-state index contributed by atoms with van der Waals surface area (Å²) in [5, 5.41) is 13.5. The third-order valence-corrected chi connectivity index (χ3v) is 6.20. The van der Waals surface area contributed by atoms with Gasteiger partial charge in [-0.3, -0.25) is 4.79 Å². The standard InChI is InChI=1S/C11H19NO2.C11H9NO.C3H6.CH4/c13-10-7-3-6-9(10)12-11(14)8-4-1-2-5-8;1-2-5-8(4-1)11-12-9-6-3-7-10(9)13-11;1-2-3-1;/h8-10,13H,1-7H2,(H,12,14);1,4-7H,2-3H2;1-3H2;1H4. The quantitative estimate of drug-likeness (QED) is 0.766.